The standard InChI is InChI=1S/C22H26N4O3/c1-29-19-7-4-6-17(12-19)14-26-11-5-9-22(28,21(26)27)16-23-13-18-15-25-10-3-2-8-20(25)24-18/h2-4,6-8,10,12,15,23,28H,5,9,11,13-14,16H2,1H3/t22-/m0/s1. The number of carbonyl (C=O) groups excluding carboxylic acids is 1. The highest BCUT2D eigenvalue weighted by atomic mass is 16.5. The molecule has 152 valence electrons. The average molecular weight is 394 g/mol. The van der Waals surface area contributed by atoms with Gasteiger partial charge >= 0.3 is 0 Å². The minimum absolute atomic E-state index is 0.203. The number of carbonyl (C=O) groups is 1. The highest BCUT2D eigenvalue weighted by Gasteiger charge is 2.41. The zero-order valence-electron chi connectivity index (χ0n) is 16.5. The summed E-state index contributed by atoms with van der Waals surface area (Å²) < 4.78 is 7.21. The van der Waals surface area contributed by atoms with Crippen LogP contribution in [0, 0.1) is 0 Å². The topological polar surface area (TPSA) is 79.1 Å². The number of fused-ring (bicyclic) bond motifs is 1. The number of benzene rings is 1. The molecular formula is C22H26N4O3. The minimum Gasteiger partial charge on any atom is -0.497 e. The summed E-state index contributed by atoms with van der Waals surface area (Å²) in [6, 6.07) is 13.5. The molecule has 1 amide bonds. The fourth-order valence-electron chi connectivity index (χ4n) is 3.84. The lowest BCUT2D eigenvalue weighted by molar-refractivity contribution is -0.157. The number of ether oxygens (including phenoxy) is 1. The van der Waals surface area contributed by atoms with Gasteiger partial charge in [0.25, 0.3) is 5.91 Å². The molecular weight excluding hydrogens is 368 g/mol. The number of methoxy groups -OCH3 is 1. The van der Waals surface area contributed by atoms with Crippen LogP contribution in [0.25, 0.3) is 5.65 Å². The molecule has 0 radical (unpaired) electrons. The van der Waals surface area contributed by atoms with Crippen LogP contribution in [0.15, 0.2) is 54.9 Å². The van der Waals surface area contributed by atoms with Crippen LogP contribution in [0.4, 0.5) is 0 Å². The van der Waals surface area contributed by atoms with Gasteiger partial charge in [0.1, 0.15) is 11.4 Å². The monoisotopic (exact) mass is 394 g/mol. The Bertz CT molecular complexity index is 969. The lowest BCUT2D eigenvalue weighted by Crippen LogP contribution is -2.57. The fraction of sp³-hybridized carbons (Fsp3) is 0.364. The van der Waals surface area contributed by atoms with Crippen molar-refractivity contribution in [2.75, 3.05) is 20.2 Å². The van der Waals surface area contributed by atoms with Gasteiger partial charge in [-0.3, -0.25) is 4.79 Å². The molecule has 3 aromatic rings. The summed E-state index contributed by atoms with van der Waals surface area (Å²) in [5.74, 6) is 0.533. The number of nitrogens with zero attached hydrogens (tertiary/aromatic N) is 3. The summed E-state index contributed by atoms with van der Waals surface area (Å²) in [5.41, 5.74) is 1.34. The molecule has 1 aromatic carbocycles. The van der Waals surface area contributed by atoms with Crippen molar-refractivity contribution in [3.8, 4) is 5.75 Å². The molecule has 2 N–H and O–H groups in total. The van der Waals surface area contributed by atoms with E-state index in [0.717, 1.165) is 29.1 Å². The molecule has 1 aliphatic heterocycles. The van der Waals surface area contributed by atoms with E-state index >= 15 is 0 Å². The van der Waals surface area contributed by atoms with E-state index in [1.165, 1.54) is 0 Å². The number of imidazole rings is 1. The fourth-order valence-corrected chi connectivity index (χ4v) is 3.84. The third-order valence-electron chi connectivity index (χ3n) is 5.35. The molecule has 4 rings (SSSR count). The van der Waals surface area contributed by atoms with E-state index in [-0.39, 0.29) is 12.5 Å². The van der Waals surface area contributed by atoms with Gasteiger partial charge in [0.2, 0.25) is 0 Å². The number of nitrogens with one attached hydrogen (secondary N) is 1. The van der Waals surface area contributed by atoms with Crippen molar-refractivity contribution in [1.29, 1.82) is 0 Å². The number of aromatic nitrogens is 2. The van der Waals surface area contributed by atoms with E-state index in [1.54, 1.807) is 12.0 Å². The summed E-state index contributed by atoms with van der Waals surface area (Å²) in [7, 11) is 1.62. The number of rotatable bonds is 7. The van der Waals surface area contributed by atoms with Gasteiger partial charge < -0.3 is 24.5 Å². The van der Waals surface area contributed by atoms with Gasteiger partial charge in [-0.2, -0.15) is 0 Å². The first-order valence-corrected chi connectivity index (χ1v) is 9.85. The van der Waals surface area contributed by atoms with Crippen LogP contribution in [-0.4, -0.2) is 51.1 Å². The Morgan fingerprint density at radius 3 is 3.00 bits per heavy atom. The molecule has 0 unspecified atom stereocenters. The van der Waals surface area contributed by atoms with Crippen molar-refractivity contribution in [3.05, 3.63) is 66.1 Å². The maximum Gasteiger partial charge on any atom is 0.256 e. The summed E-state index contributed by atoms with van der Waals surface area (Å²) in [4.78, 5) is 19.2. The van der Waals surface area contributed by atoms with Crippen molar-refractivity contribution in [2.24, 2.45) is 0 Å². The second-order valence-corrected chi connectivity index (χ2v) is 7.52. The van der Waals surface area contributed by atoms with Gasteiger partial charge in [-0.1, -0.05) is 18.2 Å². The average Bonchev–Trinajstić information content (AvgIpc) is 3.14. The zero-order valence-corrected chi connectivity index (χ0v) is 16.5. The van der Waals surface area contributed by atoms with Crippen LogP contribution in [0.5, 0.6) is 5.75 Å². The summed E-state index contributed by atoms with van der Waals surface area (Å²) in [6.07, 6.45) is 5.12. The summed E-state index contributed by atoms with van der Waals surface area (Å²) in [6.45, 7) is 1.80. The predicted octanol–water partition coefficient (Wildman–Crippen LogP) is 1.99. The smallest absolute Gasteiger partial charge is 0.256 e. The number of aliphatic hydroxyl groups is 1. The van der Waals surface area contributed by atoms with E-state index in [9.17, 15) is 9.90 Å². The molecule has 1 aliphatic rings. The minimum atomic E-state index is -1.39. The van der Waals surface area contributed by atoms with Crippen LogP contribution < -0.4 is 10.1 Å². The summed E-state index contributed by atoms with van der Waals surface area (Å²) in [5, 5.41) is 14.2. The Morgan fingerprint density at radius 2 is 2.17 bits per heavy atom. The lowest BCUT2D eigenvalue weighted by Gasteiger charge is -2.38. The van der Waals surface area contributed by atoms with Crippen LogP contribution in [-0.2, 0) is 17.9 Å². The second-order valence-electron chi connectivity index (χ2n) is 7.52. The SMILES string of the molecule is COc1cccc(CN2CCC[C@](O)(CNCc3cn4ccccc4n3)C2=O)c1. The van der Waals surface area contributed by atoms with Gasteiger partial charge in [0, 0.05) is 38.6 Å². The summed E-state index contributed by atoms with van der Waals surface area (Å²) >= 11 is 0. The Hall–Kier alpha value is -2.90. The maximum atomic E-state index is 13.0. The molecule has 1 saturated heterocycles. The van der Waals surface area contributed by atoms with Gasteiger partial charge in [-0.15, -0.1) is 0 Å². The van der Waals surface area contributed by atoms with Gasteiger partial charge in [0.05, 0.1) is 12.8 Å². The largest absolute Gasteiger partial charge is 0.497 e. The van der Waals surface area contributed by atoms with Crippen LogP contribution >= 0.6 is 0 Å². The highest BCUT2D eigenvalue weighted by molar-refractivity contribution is 5.86. The van der Waals surface area contributed by atoms with E-state index in [4.69, 9.17) is 4.74 Å². The Kier molecular flexibility index (Phi) is 5.51. The van der Waals surface area contributed by atoms with Gasteiger partial charge in [0.15, 0.2) is 5.60 Å². The Labute approximate surface area is 169 Å². The molecule has 0 saturated carbocycles. The number of pyridine rings is 1. The Morgan fingerprint density at radius 1 is 1.28 bits per heavy atom. The quantitative estimate of drug-likeness (QED) is 0.641. The number of amides is 1. The molecule has 0 bridgehead atoms. The first-order valence-electron chi connectivity index (χ1n) is 9.85. The highest BCUT2D eigenvalue weighted by Crippen LogP contribution is 2.25. The molecule has 0 aliphatic carbocycles. The third-order valence-corrected chi connectivity index (χ3v) is 5.35. The number of hydrogen-bond acceptors (Lipinski definition) is 5. The maximum absolute atomic E-state index is 13.0. The molecule has 0 spiro atoms. The number of piperidine rings is 1. The first kappa shape index (κ1) is 19.4. The van der Waals surface area contributed by atoms with Gasteiger partial charge in [-0.25, -0.2) is 4.98 Å². The normalized spacial score (nSPS) is 19.7. The van der Waals surface area contributed by atoms with Gasteiger partial charge in [-0.05, 0) is 42.7 Å². The molecule has 3 heterocycles. The van der Waals surface area contributed by atoms with Crippen LogP contribution in [0.3, 0.4) is 0 Å². The predicted molar refractivity (Wildman–Crippen MR) is 109 cm³/mol. The first-order chi connectivity index (χ1) is 14.1. The third kappa shape index (κ3) is 4.26. The van der Waals surface area contributed by atoms with Crippen molar-refractivity contribution < 1.29 is 14.6 Å². The van der Waals surface area contributed by atoms with E-state index in [1.807, 2.05) is 59.3 Å². The second kappa shape index (κ2) is 8.23. The van der Waals surface area contributed by atoms with Crippen molar-refractivity contribution in [3.63, 3.8) is 0 Å². The molecule has 29 heavy (non-hydrogen) atoms. The number of likely N-dealkylation sites (tertiary alicyclic amines) is 1. The molecule has 2 aromatic heterocycles. The molecule has 1 atom stereocenters. The van der Waals surface area contributed by atoms with Crippen molar-refractivity contribution >= 4 is 11.6 Å². The molecule has 7 nitrogen and oxygen atoms in total. The van der Waals surface area contributed by atoms with E-state index in [0.29, 0.717) is 26.1 Å². The molecule has 7 heteroatoms. The molecule has 1 fully saturated rings. The van der Waals surface area contributed by atoms with Crippen molar-refractivity contribution in [2.45, 2.75) is 31.5 Å². The number of hydrogen-bond donors (Lipinski definition) is 2. The zero-order chi connectivity index (χ0) is 20.3. The van der Waals surface area contributed by atoms with Crippen LogP contribution in [0.1, 0.15) is 24.1 Å². The van der Waals surface area contributed by atoms with E-state index in [2.05, 4.69) is 10.3 Å². The van der Waals surface area contributed by atoms with Crippen molar-refractivity contribution in [1.82, 2.24) is 19.6 Å². The van der Waals surface area contributed by atoms with E-state index < -0.39 is 5.60 Å². The lowest BCUT2D eigenvalue weighted by atomic mass is 9.91. The Balaban J connectivity index is 1.37. The van der Waals surface area contributed by atoms with Crippen LogP contribution in [0.2, 0.25) is 0 Å².